The fraction of sp³-hybridized carbons (Fsp3) is 0.640. The molecule has 0 spiro atoms. The van der Waals surface area contributed by atoms with Crippen LogP contribution in [0.4, 0.5) is 4.79 Å². The molecule has 1 aromatic carbocycles. The molecule has 3 atom stereocenters. The van der Waals surface area contributed by atoms with Gasteiger partial charge in [0.25, 0.3) is 0 Å². The zero-order valence-electron chi connectivity index (χ0n) is 21.3. The Morgan fingerprint density at radius 3 is 2.06 bits per heavy atom. The molecule has 3 amide bonds. The van der Waals surface area contributed by atoms with E-state index in [0.29, 0.717) is 6.42 Å². The van der Waals surface area contributed by atoms with Crippen LogP contribution in [-0.4, -0.2) is 46.0 Å². The summed E-state index contributed by atoms with van der Waals surface area (Å²) in [4.78, 5) is 41.0. The highest BCUT2D eigenvalue weighted by molar-refractivity contribution is 5.92. The normalized spacial score (nSPS) is 14.7. The molecular formula is C25H41N3O4. The molecule has 7 heteroatoms. The number of benzene rings is 1. The smallest absolute Gasteiger partial charge is 0.408 e. The van der Waals surface area contributed by atoms with Gasteiger partial charge < -0.3 is 20.3 Å². The lowest BCUT2D eigenvalue weighted by Crippen LogP contribution is -2.56. The summed E-state index contributed by atoms with van der Waals surface area (Å²) in [5.41, 5.74) is 0.519. The molecule has 0 aliphatic rings. The summed E-state index contributed by atoms with van der Waals surface area (Å²) in [6.07, 6.45) is -0.0233. The van der Waals surface area contributed by atoms with E-state index in [1.807, 2.05) is 65.8 Å². The number of hydrogen-bond acceptors (Lipinski definition) is 4. The summed E-state index contributed by atoms with van der Waals surface area (Å²) < 4.78 is 5.30. The summed E-state index contributed by atoms with van der Waals surface area (Å²) in [6.45, 7) is 18.4. The van der Waals surface area contributed by atoms with Crippen molar-refractivity contribution in [2.75, 3.05) is 0 Å². The van der Waals surface area contributed by atoms with Crippen LogP contribution in [0.3, 0.4) is 0 Å². The first-order valence-electron chi connectivity index (χ1n) is 11.3. The summed E-state index contributed by atoms with van der Waals surface area (Å²) in [6, 6.07) is 5.63. The molecule has 2 N–H and O–H groups in total. The monoisotopic (exact) mass is 447 g/mol. The predicted octanol–water partition coefficient (Wildman–Crippen LogP) is 4.49. The quantitative estimate of drug-likeness (QED) is 0.645. The van der Waals surface area contributed by atoms with Crippen molar-refractivity contribution in [3.05, 3.63) is 35.4 Å². The summed E-state index contributed by atoms with van der Waals surface area (Å²) in [7, 11) is 0. The minimum absolute atomic E-state index is 0.235. The van der Waals surface area contributed by atoms with Crippen molar-refractivity contribution in [1.29, 1.82) is 0 Å². The standard InChI is InChI=1S/C25H41N3O4/c1-11-17(3)28(22(30)18(4)26-23(31)32-25(8,9)10)20(21(29)27-24(5,6)7)19-15-13-12-14-16(19)2/h12-15,17-18,20H,11H2,1-10H3,(H,26,31)(H,27,29). The van der Waals surface area contributed by atoms with Crippen LogP contribution in [0, 0.1) is 6.92 Å². The van der Waals surface area contributed by atoms with Gasteiger partial charge in [-0.2, -0.15) is 0 Å². The van der Waals surface area contributed by atoms with Crippen LogP contribution in [0.1, 0.15) is 85.9 Å². The molecule has 0 aliphatic heterocycles. The van der Waals surface area contributed by atoms with Gasteiger partial charge in [0.1, 0.15) is 17.7 Å². The maximum atomic E-state index is 13.6. The molecule has 0 fully saturated rings. The average molecular weight is 448 g/mol. The molecule has 0 aromatic heterocycles. The summed E-state index contributed by atoms with van der Waals surface area (Å²) in [5.74, 6) is -0.604. The molecule has 1 aromatic rings. The SMILES string of the molecule is CCC(C)N(C(=O)C(C)NC(=O)OC(C)(C)C)C(C(=O)NC(C)(C)C)c1ccccc1C. The fourth-order valence-corrected chi connectivity index (χ4v) is 3.31. The maximum absolute atomic E-state index is 13.6. The highest BCUT2D eigenvalue weighted by Crippen LogP contribution is 2.29. The molecule has 1 rings (SSSR count). The lowest BCUT2D eigenvalue weighted by molar-refractivity contribution is -0.145. The minimum atomic E-state index is -0.868. The Kier molecular flexibility index (Phi) is 9.30. The summed E-state index contributed by atoms with van der Waals surface area (Å²) >= 11 is 0. The van der Waals surface area contributed by atoms with Gasteiger partial charge >= 0.3 is 6.09 Å². The van der Waals surface area contributed by atoms with Crippen LogP contribution >= 0.6 is 0 Å². The molecule has 0 radical (unpaired) electrons. The number of carbonyl (C=O) groups is 3. The van der Waals surface area contributed by atoms with Gasteiger partial charge in [0.15, 0.2) is 0 Å². The van der Waals surface area contributed by atoms with Crippen LogP contribution in [0.2, 0.25) is 0 Å². The number of carbonyl (C=O) groups excluding carboxylic acids is 3. The minimum Gasteiger partial charge on any atom is -0.444 e. The van der Waals surface area contributed by atoms with Crippen LogP contribution in [-0.2, 0) is 14.3 Å². The van der Waals surface area contributed by atoms with Crippen LogP contribution in [0.15, 0.2) is 24.3 Å². The zero-order chi connectivity index (χ0) is 24.9. The average Bonchev–Trinajstić information content (AvgIpc) is 2.62. The zero-order valence-corrected chi connectivity index (χ0v) is 21.3. The molecule has 0 saturated heterocycles. The van der Waals surface area contributed by atoms with Crippen molar-refractivity contribution in [1.82, 2.24) is 15.5 Å². The van der Waals surface area contributed by atoms with E-state index in [4.69, 9.17) is 4.74 Å². The predicted molar refractivity (Wildman–Crippen MR) is 127 cm³/mol. The third kappa shape index (κ3) is 8.17. The largest absolute Gasteiger partial charge is 0.444 e. The Balaban J connectivity index is 3.40. The highest BCUT2D eigenvalue weighted by atomic mass is 16.6. The van der Waals surface area contributed by atoms with Crippen molar-refractivity contribution in [3.63, 3.8) is 0 Å². The van der Waals surface area contributed by atoms with Crippen molar-refractivity contribution in [3.8, 4) is 0 Å². The van der Waals surface area contributed by atoms with Gasteiger partial charge in [0.2, 0.25) is 11.8 Å². The van der Waals surface area contributed by atoms with E-state index < -0.39 is 29.3 Å². The molecular weight excluding hydrogens is 406 g/mol. The number of nitrogens with one attached hydrogen (secondary N) is 2. The van der Waals surface area contributed by atoms with Crippen molar-refractivity contribution >= 4 is 17.9 Å². The summed E-state index contributed by atoms with van der Waals surface area (Å²) in [5, 5.41) is 5.64. The van der Waals surface area contributed by atoms with Crippen molar-refractivity contribution in [2.45, 2.75) is 105 Å². The second kappa shape index (κ2) is 10.8. The first-order valence-corrected chi connectivity index (χ1v) is 11.3. The molecule has 7 nitrogen and oxygen atoms in total. The first kappa shape index (κ1) is 27.5. The first-order chi connectivity index (χ1) is 14.6. The maximum Gasteiger partial charge on any atom is 0.408 e. The molecule has 3 unspecified atom stereocenters. The lowest BCUT2D eigenvalue weighted by atomic mass is 9.95. The van der Waals surface area contributed by atoms with Gasteiger partial charge in [-0.15, -0.1) is 0 Å². The Hall–Kier alpha value is -2.57. The van der Waals surface area contributed by atoms with E-state index in [0.717, 1.165) is 11.1 Å². The van der Waals surface area contributed by atoms with Crippen LogP contribution in [0.5, 0.6) is 0 Å². The number of nitrogens with zero attached hydrogens (tertiary/aromatic N) is 1. The van der Waals surface area contributed by atoms with E-state index in [9.17, 15) is 14.4 Å². The molecule has 0 bridgehead atoms. The number of hydrogen-bond donors (Lipinski definition) is 2. The molecule has 0 aliphatic carbocycles. The molecule has 180 valence electrons. The van der Waals surface area contributed by atoms with Gasteiger partial charge in [-0.1, -0.05) is 31.2 Å². The number of amides is 3. The Labute approximate surface area is 193 Å². The molecule has 0 heterocycles. The van der Waals surface area contributed by atoms with E-state index in [2.05, 4.69) is 10.6 Å². The van der Waals surface area contributed by atoms with E-state index in [1.165, 1.54) is 0 Å². The molecule has 0 saturated carbocycles. The van der Waals surface area contributed by atoms with Gasteiger partial charge in [0.05, 0.1) is 0 Å². The molecule has 32 heavy (non-hydrogen) atoms. The number of aryl methyl sites for hydroxylation is 1. The second-order valence-corrected chi connectivity index (χ2v) is 10.4. The van der Waals surface area contributed by atoms with Crippen LogP contribution < -0.4 is 10.6 Å². The van der Waals surface area contributed by atoms with E-state index in [1.54, 1.807) is 32.6 Å². The third-order valence-electron chi connectivity index (χ3n) is 4.93. The Morgan fingerprint density at radius 1 is 1.03 bits per heavy atom. The van der Waals surface area contributed by atoms with Crippen molar-refractivity contribution < 1.29 is 19.1 Å². The van der Waals surface area contributed by atoms with Gasteiger partial charge in [-0.3, -0.25) is 9.59 Å². The lowest BCUT2D eigenvalue weighted by Gasteiger charge is -2.39. The van der Waals surface area contributed by atoms with Crippen molar-refractivity contribution in [2.24, 2.45) is 0 Å². The van der Waals surface area contributed by atoms with Gasteiger partial charge in [-0.05, 0) is 79.9 Å². The van der Waals surface area contributed by atoms with Gasteiger partial charge in [-0.25, -0.2) is 4.79 Å². The number of rotatable bonds is 7. The Bertz CT molecular complexity index is 808. The van der Waals surface area contributed by atoms with E-state index in [-0.39, 0.29) is 17.9 Å². The third-order valence-corrected chi connectivity index (χ3v) is 4.93. The van der Waals surface area contributed by atoms with Gasteiger partial charge in [0, 0.05) is 11.6 Å². The highest BCUT2D eigenvalue weighted by Gasteiger charge is 2.38. The number of ether oxygens (including phenoxy) is 1. The second-order valence-electron chi connectivity index (χ2n) is 10.4. The topological polar surface area (TPSA) is 87.7 Å². The fourth-order valence-electron chi connectivity index (χ4n) is 3.31. The number of alkyl carbamates (subject to hydrolysis) is 1. The Morgan fingerprint density at radius 2 is 1.59 bits per heavy atom. The van der Waals surface area contributed by atoms with Crippen LogP contribution in [0.25, 0.3) is 0 Å². The van der Waals surface area contributed by atoms with E-state index >= 15 is 0 Å².